The lowest BCUT2D eigenvalue weighted by atomic mass is 10.1. The van der Waals surface area contributed by atoms with Gasteiger partial charge in [-0.15, -0.1) is 11.3 Å². The van der Waals surface area contributed by atoms with Crippen molar-refractivity contribution in [2.45, 2.75) is 6.92 Å². The molecule has 3 aromatic carbocycles. The monoisotopic (exact) mass is 289 g/mol. The Kier molecular flexibility index (Phi) is 2.90. The molecule has 1 N–H and O–H groups in total. The molecule has 0 aliphatic carbocycles. The highest BCUT2D eigenvalue weighted by Gasteiger charge is 2.08. The molecule has 0 spiro atoms. The van der Waals surface area contributed by atoms with Crippen LogP contribution in [0.5, 0.6) is 0 Å². The fourth-order valence-electron chi connectivity index (χ4n) is 2.64. The second-order valence-electron chi connectivity index (χ2n) is 5.27. The van der Waals surface area contributed by atoms with Crippen LogP contribution in [0, 0.1) is 6.92 Å². The van der Waals surface area contributed by atoms with Crippen LogP contribution in [-0.4, -0.2) is 0 Å². The summed E-state index contributed by atoms with van der Waals surface area (Å²) in [5.74, 6) is 0. The molecule has 0 fully saturated rings. The molecule has 0 bridgehead atoms. The molecule has 2 heteroatoms. The quantitative estimate of drug-likeness (QED) is 0.469. The lowest BCUT2D eigenvalue weighted by Gasteiger charge is -2.07. The number of benzene rings is 3. The molecule has 0 unspecified atom stereocenters. The minimum atomic E-state index is 1.13. The van der Waals surface area contributed by atoms with Crippen molar-refractivity contribution in [3.05, 3.63) is 72.3 Å². The second kappa shape index (κ2) is 4.90. The highest BCUT2D eigenvalue weighted by molar-refractivity contribution is 7.26. The molecular formula is C19H15NS. The molecule has 0 saturated heterocycles. The average molecular weight is 289 g/mol. The maximum absolute atomic E-state index is 3.55. The summed E-state index contributed by atoms with van der Waals surface area (Å²) in [4.78, 5) is 0. The van der Waals surface area contributed by atoms with Crippen LogP contribution >= 0.6 is 11.3 Å². The van der Waals surface area contributed by atoms with E-state index in [1.54, 1.807) is 0 Å². The van der Waals surface area contributed by atoms with Crippen LogP contribution in [0.1, 0.15) is 5.56 Å². The fourth-order valence-corrected chi connectivity index (χ4v) is 3.81. The number of fused-ring (bicyclic) bond motifs is 3. The van der Waals surface area contributed by atoms with Gasteiger partial charge in [-0.25, -0.2) is 0 Å². The second-order valence-corrected chi connectivity index (χ2v) is 6.32. The Bertz CT molecular complexity index is 919. The van der Waals surface area contributed by atoms with E-state index in [9.17, 15) is 0 Å². The molecule has 0 aliphatic heterocycles. The molecule has 21 heavy (non-hydrogen) atoms. The normalized spacial score (nSPS) is 11.1. The highest BCUT2D eigenvalue weighted by atomic mass is 32.1. The first-order valence-electron chi connectivity index (χ1n) is 7.05. The largest absolute Gasteiger partial charge is 0.354 e. The van der Waals surface area contributed by atoms with Gasteiger partial charge in [-0.1, -0.05) is 48.0 Å². The summed E-state index contributed by atoms with van der Waals surface area (Å²) in [6.45, 7) is 2.11. The van der Waals surface area contributed by atoms with Crippen molar-refractivity contribution in [1.29, 1.82) is 0 Å². The van der Waals surface area contributed by atoms with Crippen LogP contribution in [0.3, 0.4) is 0 Å². The summed E-state index contributed by atoms with van der Waals surface area (Å²) in [5, 5.41) is 6.21. The van der Waals surface area contributed by atoms with Gasteiger partial charge in [0.25, 0.3) is 0 Å². The van der Waals surface area contributed by atoms with Crippen LogP contribution in [0.15, 0.2) is 66.7 Å². The summed E-state index contributed by atoms with van der Waals surface area (Å²) in [6.07, 6.45) is 0. The maximum Gasteiger partial charge on any atom is 0.0590 e. The molecule has 0 atom stereocenters. The number of anilines is 2. The molecule has 4 aromatic rings. The Hall–Kier alpha value is -2.32. The van der Waals surface area contributed by atoms with Crippen molar-refractivity contribution < 1.29 is 0 Å². The Balaban J connectivity index is 1.86. The molecule has 4 rings (SSSR count). The standard InChI is InChI=1S/C19H15NS/c1-13-9-11-14(12-10-13)20-17-7-4-6-16-15-5-2-3-8-18(15)21-19(16)17/h2-12,20H,1H3. The Morgan fingerprint density at radius 3 is 2.38 bits per heavy atom. The SMILES string of the molecule is Cc1ccc(Nc2cccc3c2sc2ccccc23)cc1. The summed E-state index contributed by atoms with van der Waals surface area (Å²) in [5.41, 5.74) is 3.59. The van der Waals surface area contributed by atoms with E-state index in [4.69, 9.17) is 0 Å². The van der Waals surface area contributed by atoms with Gasteiger partial charge in [-0.05, 0) is 31.2 Å². The average Bonchev–Trinajstić information content (AvgIpc) is 2.89. The smallest absolute Gasteiger partial charge is 0.0590 e. The van der Waals surface area contributed by atoms with Gasteiger partial charge >= 0.3 is 0 Å². The van der Waals surface area contributed by atoms with Gasteiger partial charge in [0.1, 0.15) is 0 Å². The van der Waals surface area contributed by atoms with E-state index in [1.165, 1.54) is 31.4 Å². The van der Waals surface area contributed by atoms with Crippen molar-refractivity contribution in [1.82, 2.24) is 0 Å². The summed E-state index contributed by atoms with van der Waals surface area (Å²) in [7, 11) is 0. The number of hydrogen-bond acceptors (Lipinski definition) is 2. The van der Waals surface area contributed by atoms with E-state index in [0.717, 1.165) is 5.69 Å². The molecule has 0 saturated carbocycles. The number of rotatable bonds is 2. The zero-order valence-corrected chi connectivity index (χ0v) is 12.6. The topological polar surface area (TPSA) is 12.0 Å². The van der Waals surface area contributed by atoms with Crippen molar-refractivity contribution in [3.8, 4) is 0 Å². The van der Waals surface area contributed by atoms with Gasteiger partial charge in [-0.2, -0.15) is 0 Å². The molecular weight excluding hydrogens is 274 g/mol. The third kappa shape index (κ3) is 2.18. The van der Waals surface area contributed by atoms with Crippen molar-refractivity contribution in [2.24, 2.45) is 0 Å². The zero-order valence-electron chi connectivity index (χ0n) is 11.8. The molecule has 1 nitrogen and oxygen atoms in total. The van der Waals surface area contributed by atoms with Gasteiger partial charge in [0.15, 0.2) is 0 Å². The fraction of sp³-hybridized carbons (Fsp3) is 0.0526. The lowest BCUT2D eigenvalue weighted by Crippen LogP contribution is -1.89. The molecule has 0 radical (unpaired) electrons. The van der Waals surface area contributed by atoms with Crippen LogP contribution in [0.4, 0.5) is 11.4 Å². The van der Waals surface area contributed by atoms with Gasteiger partial charge in [0.05, 0.1) is 10.4 Å². The third-order valence-electron chi connectivity index (χ3n) is 3.73. The van der Waals surface area contributed by atoms with E-state index in [-0.39, 0.29) is 0 Å². The van der Waals surface area contributed by atoms with Crippen LogP contribution in [0.25, 0.3) is 20.2 Å². The number of thiophene rings is 1. The van der Waals surface area contributed by atoms with Gasteiger partial charge in [0, 0.05) is 21.2 Å². The summed E-state index contributed by atoms with van der Waals surface area (Å²) >= 11 is 1.85. The minimum absolute atomic E-state index is 1.13. The highest BCUT2D eigenvalue weighted by Crippen LogP contribution is 2.38. The Morgan fingerprint density at radius 1 is 0.762 bits per heavy atom. The minimum Gasteiger partial charge on any atom is -0.354 e. The predicted octanol–water partition coefficient (Wildman–Crippen LogP) is 6.11. The molecule has 1 aromatic heterocycles. The first-order valence-corrected chi connectivity index (χ1v) is 7.87. The summed E-state index contributed by atoms with van der Waals surface area (Å²) < 4.78 is 2.66. The van der Waals surface area contributed by atoms with E-state index in [0.29, 0.717) is 0 Å². The van der Waals surface area contributed by atoms with E-state index >= 15 is 0 Å². The maximum atomic E-state index is 3.55. The van der Waals surface area contributed by atoms with E-state index in [1.807, 2.05) is 11.3 Å². The lowest BCUT2D eigenvalue weighted by molar-refractivity contribution is 1.46. The van der Waals surface area contributed by atoms with Gasteiger partial charge in [-0.3, -0.25) is 0 Å². The number of nitrogens with one attached hydrogen (secondary N) is 1. The van der Waals surface area contributed by atoms with E-state index in [2.05, 4.69) is 79.0 Å². The predicted molar refractivity (Wildman–Crippen MR) is 93.8 cm³/mol. The van der Waals surface area contributed by atoms with Crippen LogP contribution in [0.2, 0.25) is 0 Å². The van der Waals surface area contributed by atoms with Crippen LogP contribution < -0.4 is 5.32 Å². The van der Waals surface area contributed by atoms with Crippen LogP contribution in [-0.2, 0) is 0 Å². The Labute approximate surface area is 127 Å². The van der Waals surface area contributed by atoms with Crippen molar-refractivity contribution in [2.75, 3.05) is 5.32 Å². The van der Waals surface area contributed by atoms with Gasteiger partial charge in [0.2, 0.25) is 0 Å². The molecule has 0 aliphatic rings. The first kappa shape index (κ1) is 12.4. The van der Waals surface area contributed by atoms with E-state index < -0.39 is 0 Å². The zero-order chi connectivity index (χ0) is 14.2. The summed E-state index contributed by atoms with van der Waals surface area (Å²) in [6, 6.07) is 23.6. The molecule has 1 heterocycles. The first-order chi connectivity index (χ1) is 10.3. The third-order valence-corrected chi connectivity index (χ3v) is 4.95. The number of hydrogen-bond donors (Lipinski definition) is 1. The Morgan fingerprint density at radius 2 is 1.52 bits per heavy atom. The van der Waals surface area contributed by atoms with Crippen molar-refractivity contribution in [3.63, 3.8) is 0 Å². The van der Waals surface area contributed by atoms with Crippen molar-refractivity contribution >= 4 is 42.9 Å². The molecule has 0 amide bonds. The van der Waals surface area contributed by atoms with Gasteiger partial charge < -0.3 is 5.32 Å². The number of aryl methyl sites for hydroxylation is 1. The molecule has 102 valence electrons.